The summed E-state index contributed by atoms with van der Waals surface area (Å²) < 4.78 is 7.38. The number of aromatic amines is 1. The number of nitrogens with one attached hydrogen (secondary N) is 1. The molecule has 1 saturated heterocycles. The zero-order valence-corrected chi connectivity index (χ0v) is 15.3. The van der Waals surface area contributed by atoms with Crippen molar-refractivity contribution in [3.8, 4) is 0 Å². The molecule has 3 aromatic rings. The normalized spacial score (nSPS) is 15.6. The molecule has 2 aromatic heterocycles. The van der Waals surface area contributed by atoms with E-state index in [9.17, 15) is 4.79 Å². The summed E-state index contributed by atoms with van der Waals surface area (Å²) in [7, 11) is 1.97. The summed E-state index contributed by atoms with van der Waals surface area (Å²) in [5.74, 6) is 2.09. The number of nitrogens with zero attached hydrogens (tertiary/aromatic N) is 5. The summed E-state index contributed by atoms with van der Waals surface area (Å²) >= 11 is 1.51. The minimum Gasteiger partial charge on any atom is -0.379 e. The van der Waals surface area contributed by atoms with Gasteiger partial charge in [0.15, 0.2) is 5.16 Å². The highest BCUT2D eigenvalue weighted by atomic mass is 32.2. The van der Waals surface area contributed by atoms with E-state index in [1.54, 1.807) is 6.07 Å². The van der Waals surface area contributed by atoms with E-state index < -0.39 is 0 Å². The SMILES string of the molecule is Cn1c(CN2CCOCC2)nnc1SCc1nc2ccccc2c(=O)[nH]1. The van der Waals surface area contributed by atoms with Crippen molar-refractivity contribution in [1.29, 1.82) is 0 Å². The number of morpholine rings is 1. The number of hydrogen-bond acceptors (Lipinski definition) is 7. The lowest BCUT2D eigenvalue weighted by atomic mass is 10.2. The lowest BCUT2D eigenvalue weighted by Gasteiger charge is -2.25. The van der Waals surface area contributed by atoms with Crippen LogP contribution < -0.4 is 5.56 Å². The third-order valence-electron chi connectivity index (χ3n) is 4.39. The van der Waals surface area contributed by atoms with Gasteiger partial charge in [-0.15, -0.1) is 10.2 Å². The summed E-state index contributed by atoms with van der Waals surface area (Å²) in [6, 6.07) is 7.34. The molecule has 1 aromatic carbocycles. The van der Waals surface area contributed by atoms with Crippen LogP contribution in [0.4, 0.5) is 0 Å². The molecule has 0 spiro atoms. The van der Waals surface area contributed by atoms with Crippen LogP contribution in [0.25, 0.3) is 10.9 Å². The van der Waals surface area contributed by atoms with Gasteiger partial charge in [0.2, 0.25) is 0 Å². The first-order valence-electron chi connectivity index (χ1n) is 8.50. The Morgan fingerprint density at radius 2 is 2.04 bits per heavy atom. The van der Waals surface area contributed by atoms with Gasteiger partial charge in [0.05, 0.1) is 36.4 Å². The number of para-hydroxylation sites is 1. The number of thioether (sulfide) groups is 1. The van der Waals surface area contributed by atoms with Gasteiger partial charge in [-0.25, -0.2) is 4.98 Å². The maximum atomic E-state index is 12.1. The molecular weight excluding hydrogens is 352 g/mol. The maximum absolute atomic E-state index is 12.1. The van der Waals surface area contributed by atoms with Crippen LogP contribution >= 0.6 is 11.8 Å². The molecule has 1 fully saturated rings. The first-order valence-corrected chi connectivity index (χ1v) is 9.48. The summed E-state index contributed by atoms with van der Waals surface area (Å²) in [5, 5.41) is 10.00. The second-order valence-electron chi connectivity index (χ2n) is 6.16. The third kappa shape index (κ3) is 3.64. The first kappa shape index (κ1) is 17.2. The predicted octanol–water partition coefficient (Wildman–Crippen LogP) is 1.18. The van der Waals surface area contributed by atoms with Crippen LogP contribution in [0.15, 0.2) is 34.2 Å². The van der Waals surface area contributed by atoms with E-state index in [1.165, 1.54) is 11.8 Å². The predicted molar refractivity (Wildman–Crippen MR) is 99.0 cm³/mol. The summed E-state index contributed by atoms with van der Waals surface area (Å²) in [5.41, 5.74) is 0.593. The fraction of sp³-hybridized carbons (Fsp3) is 0.412. The van der Waals surface area contributed by atoms with Crippen LogP contribution in [0.2, 0.25) is 0 Å². The largest absolute Gasteiger partial charge is 0.379 e. The Morgan fingerprint density at radius 1 is 1.23 bits per heavy atom. The highest BCUT2D eigenvalue weighted by Crippen LogP contribution is 2.20. The lowest BCUT2D eigenvalue weighted by molar-refractivity contribution is 0.0326. The molecule has 136 valence electrons. The molecule has 0 amide bonds. The van der Waals surface area contributed by atoms with Crippen LogP contribution in [-0.4, -0.2) is 55.9 Å². The molecular formula is C17H20N6O2S. The van der Waals surface area contributed by atoms with Crippen LogP contribution in [-0.2, 0) is 24.1 Å². The molecule has 0 aliphatic carbocycles. The number of fused-ring (bicyclic) bond motifs is 1. The third-order valence-corrected chi connectivity index (χ3v) is 5.43. The first-order chi connectivity index (χ1) is 12.7. The number of ether oxygens (including phenoxy) is 1. The van der Waals surface area contributed by atoms with E-state index in [2.05, 4.69) is 25.1 Å². The van der Waals surface area contributed by atoms with Gasteiger partial charge in [0.25, 0.3) is 5.56 Å². The van der Waals surface area contributed by atoms with Crippen molar-refractivity contribution in [2.45, 2.75) is 17.5 Å². The van der Waals surface area contributed by atoms with E-state index in [0.29, 0.717) is 22.5 Å². The fourth-order valence-corrected chi connectivity index (χ4v) is 3.70. The van der Waals surface area contributed by atoms with Gasteiger partial charge in [-0.1, -0.05) is 23.9 Å². The van der Waals surface area contributed by atoms with E-state index in [1.807, 2.05) is 29.8 Å². The minimum atomic E-state index is -0.114. The van der Waals surface area contributed by atoms with Crippen molar-refractivity contribution < 1.29 is 4.74 Å². The Kier molecular flexibility index (Phi) is 5.00. The molecule has 8 nitrogen and oxygen atoms in total. The van der Waals surface area contributed by atoms with E-state index in [0.717, 1.165) is 43.8 Å². The number of rotatable bonds is 5. The number of benzene rings is 1. The quantitative estimate of drug-likeness (QED) is 0.673. The van der Waals surface area contributed by atoms with Gasteiger partial charge in [-0.3, -0.25) is 9.69 Å². The van der Waals surface area contributed by atoms with E-state index in [4.69, 9.17) is 4.74 Å². The van der Waals surface area contributed by atoms with Gasteiger partial charge in [-0.05, 0) is 12.1 Å². The average Bonchev–Trinajstić information content (AvgIpc) is 3.01. The molecule has 9 heteroatoms. The second-order valence-corrected chi connectivity index (χ2v) is 7.11. The van der Waals surface area contributed by atoms with Gasteiger partial charge >= 0.3 is 0 Å². The maximum Gasteiger partial charge on any atom is 0.258 e. The Morgan fingerprint density at radius 3 is 2.88 bits per heavy atom. The summed E-state index contributed by atoms with van der Waals surface area (Å²) in [6.45, 7) is 4.12. The Bertz CT molecular complexity index is 963. The molecule has 1 aliphatic rings. The highest BCUT2D eigenvalue weighted by Gasteiger charge is 2.16. The van der Waals surface area contributed by atoms with Crippen LogP contribution in [0.1, 0.15) is 11.6 Å². The number of hydrogen-bond donors (Lipinski definition) is 1. The minimum absolute atomic E-state index is 0.114. The molecule has 3 heterocycles. The number of aromatic nitrogens is 5. The zero-order valence-electron chi connectivity index (χ0n) is 14.5. The highest BCUT2D eigenvalue weighted by molar-refractivity contribution is 7.98. The zero-order chi connectivity index (χ0) is 17.9. The monoisotopic (exact) mass is 372 g/mol. The molecule has 4 rings (SSSR count). The van der Waals surface area contributed by atoms with Crippen LogP contribution in [0, 0.1) is 0 Å². The molecule has 0 bridgehead atoms. The smallest absolute Gasteiger partial charge is 0.258 e. The van der Waals surface area contributed by atoms with Crippen molar-refractivity contribution in [2.75, 3.05) is 26.3 Å². The van der Waals surface area contributed by atoms with Gasteiger partial charge in [0.1, 0.15) is 11.6 Å². The molecule has 0 unspecified atom stereocenters. The lowest BCUT2D eigenvalue weighted by Crippen LogP contribution is -2.36. The summed E-state index contributed by atoms with van der Waals surface area (Å²) in [4.78, 5) is 21.8. The molecule has 0 radical (unpaired) electrons. The average molecular weight is 372 g/mol. The molecule has 0 atom stereocenters. The van der Waals surface area contributed by atoms with Crippen molar-refractivity contribution in [1.82, 2.24) is 29.6 Å². The van der Waals surface area contributed by atoms with Crippen molar-refractivity contribution in [3.05, 3.63) is 46.3 Å². The molecule has 1 N–H and O–H groups in total. The molecule has 0 saturated carbocycles. The van der Waals surface area contributed by atoms with Crippen molar-refractivity contribution in [3.63, 3.8) is 0 Å². The van der Waals surface area contributed by atoms with Crippen molar-refractivity contribution in [2.24, 2.45) is 7.05 Å². The Balaban J connectivity index is 1.46. The van der Waals surface area contributed by atoms with Crippen molar-refractivity contribution >= 4 is 22.7 Å². The van der Waals surface area contributed by atoms with Gasteiger partial charge < -0.3 is 14.3 Å². The Labute approximate surface area is 154 Å². The van der Waals surface area contributed by atoms with Gasteiger partial charge in [-0.2, -0.15) is 0 Å². The fourth-order valence-electron chi connectivity index (χ4n) is 2.90. The van der Waals surface area contributed by atoms with Crippen LogP contribution in [0.3, 0.4) is 0 Å². The second kappa shape index (κ2) is 7.56. The molecule has 1 aliphatic heterocycles. The van der Waals surface area contributed by atoms with E-state index in [-0.39, 0.29) is 5.56 Å². The van der Waals surface area contributed by atoms with Gasteiger partial charge in [0, 0.05) is 20.1 Å². The Hall–Kier alpha value is -2.23. The van der Waals surface area contributed by atoms with E-state index >= 15 is 0 Å². The number of H-pyrrole nitrogens is 1. The van der Waals surface area contributed by atoms with Crippen LogP contribution in [0.5, 0.6) is 0 Å². The standard InChI is InChI=1S/C17H20N6O2S/c1-22-15(10-23-6-8-25-9-7-23)20-21-17(22)26-11-14-18-13-5-3-2-4-12(13)16(24)19-14/h2-5H,6-11H2,1H3,(H,18,19,24). The molecule has 26 heavy (non-hydrogen) atoms. The topological polar surface area (TPSA) is 88.9 Å². The summed E-state index contributed by atoms with van der Waals surface area (Å²) in [6.07, 6.45) is 0.